The smallest absolute Gasteiger partial charge is 0.317 e. The monoisotopic (exact) mass is 503 g/mol. The zero-order valence-corrected chi connectivity index (χ0v) is 20.8. The lowest BCUT2D eigenvalue weighted by atomic mass is 10.1. The van der Waals surface area contributed by atoms with Gasteiger partial charge in [0.05, 0.1) is 35.4 Å². The summed E-state index contributed by atoms with van der Waals surface area (Å²) in [7, 11) is 0. The third kappa shape index (κ3) is 5.55. The number of amides is 2. The first-order valence-corrected chi connectivity index (χ1v) is 13.0. The Balaban J connectivity index is 1.40. The predicted octanol–water partition coefficient (Wildman–Crippen LogP) is 3.74. The highest BCUT2D eigenvalue weighted by Gasteiger charge is 2.20. The van der Waals surface area contributed by atoms with Crippen molar-refractivity contribution in [3.05, 3.63) is 65.8 Å². The summed E-state index contributed by atoms with van der Waals surface area (Å²) in [4.78, 5) is 18.5. The largest absolute Gasteiger partial charge is 0.491 e. The fourth-order valence-corrected chi connectivity index (χ4v) is 4.93. The number of nitrogens with two attached hydrogens (primary N) is 1. The molecule has 3 heterocycles. The Labute approximate surface area is 213 Å². The molecule has 0 saturated carbocycles. The van der Waals surface area contributed by atoms with Gasteiger partial charge in [-0.2, -0.15) is 0 Å². The molecule has 0 radical (unpaired) electrons. The molecule has 1 aliphatic rings. The lowest BCUT2D eigenvalue weighted by Crippen LogP contribution is -2.31. The Bertz CT molecular complexity index is 1300. The quantitative estimate of drug-likeness (QED) is 0.302. The van der Waals surface area contributed by atoms with Crippen LogP contribution in [-0.2, 0) is 6.42 Å². The summed E-state index contributed by atoms with van der Waals surface area (Å²) in [5, 5.41) is 14.4. The van der Waals surface area contributed by atoms with E-state index in [1.54, 1.807) is 20.9 Å². The second kappa shape index (κ2) is 11.3. The summed E-state index contributed by atoms with van der Waals surface area (Å²) < 4.78 is 8.00. The topological polar surface area (TPSA) is 111 Å². The van der Waals surface area contributed by atoms with Crippen LogP contribution in [0, 0.1) is 0 Å². The first kappa shape index (κ1) is 24.0. The first-order chi connectivity index (χ1) is 17.7. The molecule has 4 aromatic rings. The minimum Gasteiger partial charge on any atom is -0.491 e. The van der Waals surface area contributed by atoms with Gasteiger partial charge in [0.25, 0.3) is 0 Å². The van der Waals surface area contributed by atoms with Crippen molar-refractivity contribution in [3.63, 3.8) is 0 Å². The Morgan fingerprint density at radius 1 is 1.14 bits per heavy atom. The van der Waals surface area contributed by atoms with Crippen LogP contribution < -0.4 is 15.8 Å². The van der Waals surface area contributed by atoms with Gasteiger partial charge in [-0.3, -0.25) is 0 Å². The molecule has 3 N–H and O–H groups in total. The zero-order valence-electron chi connectivity index (χ0n) is 20.0. The number of unbranched alkanes of at least 4 members (excludes halogenated alkanes) is 1. The molecule has 5 rings (SSSR count). The van der Waals surface area contributed by atoms with E-state index in [1.807, 2.05) is 42.6 Å². The number of carbonyl (C=O) groups excluding carboxylic acids is 1. The zero-order chi connectivity index (χ0) is 24.7. The number of urea groups is 1. The molecule has 2 amide bonds. The minimum absolute atomic E-state index is 0.0511. The van der Waals surface area contributed by atoms with Gasteiger partial charge in [-0.1, -0.05) is 35.5 Å². The Kier molecular flexibility index (Phi) is 7.53. The molecule has 0 bridgehead atoms. The molecule has 0 atom stereocenters. The molecule has 1 saturated heterocycles. The van der Waals surface area contributed by atoms with Gasteiger partial charge >= 0.3 is 6.03 Å². The van der Waals surface area contributed by atoms with E-state index in [0.29, 0.717) is 38.5 Å². The number of aromatic nitrogens is 4. The number of ether oxygens (including phenoxy) is 1. The maximum atomic E-state index is 11.9. The first-order valence-electron chi connectivity index (χ1n) is 12.1. The third-order valence-corrected chi connectivity index (χ3v) is 6.90. The van der Waals surface area contributed by atoms with Gasteiger partial charge < -0.3 is 20.7 Å². The lowest BCUT2D eigenvalue weighted by Gasteiger charge is -2.16. The fraction of sp³-hybridized carbons (Fsp3) is 0.308. The molecule has 36 heavy (non-hydrogen) atoms. The minimum atomic E-state index is -0.0511. The van der Waals surface area contributed by atoms with E-state index in [1.165, 1.54) is 0 Å². The molecule has 0 unspecified atom stereocenters. The standard InChI is InChI=1S/C26H29N7O2S/c27-11-5-4-8-20-17-33(31-30-20)21-9-10-22(24(16-21)35-15-14-32-13-12-28-26(32)34)25-29-23(18-36-25)19-6-2-1-3-7-19/h1-3,6-7,9-10,16-18H,4-5,8,11-15,27H2,(H,28,34). The molecular weight excluding hydrogens is 474 g/mol. The van der Waals surface area contributed by atoms with Crippen molar-refractivity contribution < 1.29 is 9.53 Å². The summed E-state index contributed by atoms with van der Waals surface area (Å²) >= 11 is 1.58. The maximum Gasteiger partial charge on any atom is 0.317 e. The van der Waals surface area contributed by atoms with Gasteiger partial charge in [0, 0.05) is 30.1 Å². The van der Waals surface area contributed by atoms with Crippen molar-refractivity contribution in [2.75, 3.05) is 32.8 Å². The lowest BCUT2D eigenvalue weighted by molar-refractivity contribution is 0.203. The van der Waals surface area contributed by atoms with Crippen molar-refractivity contribution >= 4 is 17.4 Å². The number of benzene rings is 2. The number of rotatable bonds is 11. The van der Waals surface area contributed by atoms with Crippen LogP contribution in [0.5, 0.6) is 5.75 Å². The van der Waals surface area contributed by atoms with E-state index in [9.17, 15) is 4.79 Å². The van der Waals surface area contributed by atoms with Crippen molar-refractivity contribution in [1.82, 2.24) is 30.2 Å². The van der Waals surface area contributed by atoms with Crippen molar-refractivity contribution in [3.8, 4) is 33.3 Å². The predicted molar refractivity (Wildman–Crippen MR) is 140 cm³/mol. The van der Waals surface area contributed by atoms with Crippen LogP contribution in [0.2, 0.25) is 0 Å². The molecule has 1 aliphatic heterocycles. The maximum absolute atomic E-state index is 11.9. The average molecular weight is 504 g/mol. The van der Waals surface area contributed by atoms with Crippen LogP contribution in [0.3, 0.4) is 0 Å². The summed E-state index contributed by atoms with van der Waals surface area (Å²) in [5.41, 5.74) is 10.3. The number of nitrogens with one attached hydrogen (secondary N) is 1. The number of hydrogen-bond donors (Lipinski definition) is 2. The molecule has 1 fully saturated rings. The number of carbonyl (C=O) groups is 1. The van der Waals surface area contributed by atoms with Crippen molar-refractivity contribution in [2.45, 2.75) is 19.3 Å². The summed E-state index contributed by atoms with van der Waals surface area (Å²) in [6, 6.07) is 16.0. The van der Waals surface area contributed by atoms with Crippen LogP contribution in [0.25, 0.3) is 27.5 Å². The Hall–Kier alpha value is -3.76. The molecule has 0 spiro atoms. The number of thiazole rings is 1. The Morgan fingerprint density at radius 2 is 2.03 bits per heavy atom. The number of nitrogens with zero attached hydrogens (tertiary/aromatic N) is 5. The van der Waals surface area contributed by atoms with Crippen LogP contribution >= 0.6 is 11.3 Å². The molecule has 0 aliphatic carbocycles. The summed E-state index contributed by atoms with van der Waals surface area (Å²) in [6.07, 6.45) is 4.74. The molecule has 2 aromatic carbocycles. The van der Waals surface area contributed by atoms with E-state index in [2.05, 4.69) is 33.1 Å². The third-order valence-electron chi connectivity index (χ3n) is 6.03. The fourth-order valence-electron chi connectivity index (χ4n) is 4.07. The number of aryl methyl sites for hydroxylation is 1. The van der Waals surface area contributed by atoms with Gasteiger partial charge in [0.2, 0.25) is 0 Å². The second-order valence-electron chi connectivity index (χ2n) is 8.55. The van der Waals surface area contributed by atoms with Crippen LogP contribution in [-0.4, -0.2) is 63.7 Å². The van der Waals surface area contributed by atoms with Gasteiger partial charge in [-0.25, -0.2) is 14.5 Å². The average Bonchev–Trinajstić information content (AvgIpc) is 3.67. The van der Waals surface area contributed by atoms with Gasteiger partial charge in [-0.05, 0) is 37.9 Å². The van der Waals surface area contributed by atoms with E-state index in [-0.39, 0.29) is 6.03 Å². The van der Waals surface area contributed by atoms with Crippen LogP contribution in [0.1, 0.15) is 18.5 Å². The van der Waals surface area contributed by atoms with Gasteiger partial charge in [-0.15, -0.1) is 16.4 Å². The van der Waals surface area contributed by atoms with E-state index in [4.69, 9.17) is 15.5 Å². The normalized spacial score (nSPS) is 13.2. The van der Waals surface area contributed by atoms with Crippen LogP contribution in [0.4, 0.5) is 4.79 Å². The molecule has 2 aromatic heterocycles. The summed E-state index contributed by atoms with van der Waals surface area (Å²) in [5.74, 6) is 0.696. The van der Waals surface area contributed by atoms with Gasteiger partial charge in [0.15, 0.2) is 0 Å². The molecule has 186 valence electrons. The summed E-state index contributed by atoms with van der Waals surface area (Å²) in [6.45, 7) is 2.92. The highest BCUT2D eigenvalue weighted by molar-refractivity contribution is 7.13. The highest BCUT2D eigenvalue weighted by Crippen LogP contribution is 2.36. The SMILES string of the molecule is NCCCCc1cn(-c2ccc(-c3nc(-c4ccccc4)cs3)c(OCCN3CCNC3=O)c2)nn1. The second-order valence-corrected chi connectivity index (χ2v) is 9.41. The molecule has 10 heteroatoms. The van der Waals surface area contributed by atoms with E-state index >= 15 is 0 Å². The number of hydrogen-bond acceptors (Lipinski definition) is 7. The highest BCUT2D eigenvalue weighted by atomic mass is 32.1. The van der Waals surface area contributed by atoms with Crippen molar-refractivity contribution in [2.24, 2.45) is 5.73 Å². The Morgan fingerprint density at radius 3 is 2.83 bits per heavy atom. The van der Waals surface area contributed by atoms with E-state index < -0.39 is 0 Å². The van der Waals surface area contributed by atoms with Crippen LogP contribution in [0.15, 0.2) is 60.1 Å². The van der Waals surface area contributed by atoms with Gasteiger partial charge in [0.1, 0.15) is 17.4 Å². The molecular formula is C26H29N7O2S. The van der Waals surface area contributed by atoms with Crippen molar-refractivity contribution in [1.29, 1.82) is 0 Å². The van der Waals surface area contributed by atoms with E-state index in [0.717, 1.165) is 52.5 Å². The molecule has 9 nitrogen and oxygen atoms in total.